The molecule has 3 fully saturated rings. The lowest BCUT2D eigenvalue weighted by Gasteiger charge is -2.43. The van der Waals surface area contributed by atoms with Gasteiger partial charge in [-0.05, 0) is 42.5 Å². The highest BCUT2D eigenvalue weighted by molar-refractivity contribution is 7.78. The number of rotatable bonds is 29. The third-order valence-electron chi connectivity index (χ3n) is 12.3. The predicted octanol–water partition coefficient (Wildman–Crippen LogP) is 2.20. The van der Waals surface area contributed by atoms with E-state index in [0.29, 0.717) is 82.2 Å². The van der Waals surface area contributed by atoms with E-state index < -0.39 is 47.5 Å². The van der Waals surface area contributed by atoms with E-state index in [9.17, 15) is 24.6 Å². The number of para-hydroxylation sites is 1. The van der Waals surface area contributed by atoms with E-state index >= 15 is 0 Å². The molecule has 3 amide bonds. The largest absolute Gasteiger partial charge is 0.507 e. The topological polar surface area (TPSA) is 258 Å². The molecule has 21 nitrogen and oxygen atoms in total. The van der Waals surface area contributed by atoms with Gasteiger partial charge < -0.3 is 75.0 Å². The number of aliphatic hydroxyl groups excluding tert-OH is 1. The van der Waals surface area contributed by atoms with Crippen molar-refractivity contribution in [3.05, 3.63) is 61.3 Å². The van der Waals surface area contributed by atoms with Gasteiger partial charge >= 0.3 is 0 Å². The zero-order valence-corrected chi connectivity index (χ0v) is 41.7. The number of pyridine rings is 1. The first-order chi connectivity index (χ1) is 34.3. The number of nitrogens with two attached hydrogens (primary N) is 1. The van der Waals surface area contributed by atoms with Gasteiger partial charge in [0.05, 0.1) is 82.4 Å². The minimum Gasteiger partial charge on any atom is -0.507 e. The Morgan fingerprint density at radius 3 is 2.14 bits per heavy atom. The molecule has 388 valence electrons. The first-order valence-electron chi connectivity index (χ1n) is 24.1. The van der Waals surface area contributed by atoms with Crippen molar-refractivity contribution in [2.75, 3.05) is 108 Å². The molecule has 1 aromatic carbocycles. The number of amides is 3. The van der Waals surface area contributed by atoms with Crippen molar-refractivity contribution in [3.8, 4) is 22.9 Å². The number of phenolic OH excluding ortho intramolecular Hbond substituents is 1. The number of carbonyl (C=O) groups is 3. The van der Waals surface area contributed by atoms with Crippen molar-refractivity contribution in [1.29, 1.82) is 0 Å². The summed E-state index contributed by atoms with van der Waals surface area (Å²) in [5.74, 6) is -0.384. The molecule has 2 aromatic heterocycles. The molecule has 3 aliphatic rings. The van der Waals surface area contributed by atoms with Gasteiger partial charge in [-0.3, -0.25) is 14.4 Å². The summed E-state index contributed by atoms with van der Waals surface area (Å²) in [5.41, 5.74) is 9.97. The number of thiocarbonyl (C=S) groups is 1. The number of aromatic nitrogens is 3. The SMILES string of the molecule is C=CCC(NC=S)NC(=O)[C@@H]1C[C@@H](O)CN1C(=O)[C@@H](NC(=O)COCCOCCOCCOCCOCCOc1cc(N2C3CCC2CN(c2cc(-c4ccccc4O)nnc2N)C3)ccn1)C(C)(C)C. The number of aromatic hydroxyl groups is 1. The Morgan fingerprint density at radius 2 is 1.52 bits per heavy atom. The Balaban J connectivity index is 0.778. The molecule has 22 heteroatoms. The number of nitrogens with one attached hydrogen (secondary N) is 3. The number of carbonyl (C=O) groups excluding carboxylic acids is 3. The van der Waals surface area contributed by atoms with Crippen LogP contribution in [0.15, 0.2) is 61.3 Å². The zero-order valence-electron chi connectivity index (χ0n) is 40.9. The number of fused-ring (bicyclic) bond motifs is 2. The van der Waals surface area contributed by atoms with Gasteiger partial charge in [0.25, 0.3) is 0 Å². The fourth-order valence-corrected chi connectivity index (χ4v) is 9.05. The second kappa shape index (κ2) is 27.2. The molecule has 3 saturated heterocycles. The van der Waals surface area contributed by atoms with E-state index in [1.54, 1.807) is 45.2 Å². The van der Waals surface area contributed by atoms with E-state index in [0.717, 1.165) is 37.3 Å². The van der Waals surface area contributed by atoms with Gasteiger partial charge in [-0.2, -0.15) is 0 Å². The van der Waals surface area contributed by atoms with E-state index in [1.165, 1.54) is 10.4 Å². The highest BCUT2D eigenvalue weighted by Gasteiger charge is 2.45. The molecule has 6 rings (SSSR count). The van der Waals surface area contributed by atoms with Crippen molar-refractivity contribution in [3.63, 3.8) is 0 Å². The van der Waals surface area contributed by atoms with Crippen LogP contribution in [0.2, 0.25) is 0 Å². The first kappa shape index (κ1) is 54.6. The van der Waals surface area contributed by atoms with Gasteiger partial charge in [0.15, 0.2) is 5.82 Å². The lowest BCUT2D eigenvalue weighted by molar-refractivity contribution is -0.144. The van der Waals surface area contributed by atoms with Crippen LogP contribution < -0.4 is 36.2 Å². The number of hydrogen-bond donors (Lipinski definition) is 6. The van der Waals surface area contributed by atoms with Crippen LogP contribution in [-0.4, -0.2) is 182 Å². The summed E-state index contributed by atoms with van der Waals surface area (Å²) in [5, 5.41) is 37.7. The lowest BCUT2D eigenvalue weighted by Crippen LogP contribution is -2.59. The van der Waals surface area contributed by atoms with Crippen LogP contribution in [-0.2, 0) is 38.1 Å². The van der Waals surface area contributed by atoms with E-state index in [2.05, 4.69) is 47.5 Å². The number of likely N-dealkylation sites (tertiary alicyclic amines) is 1. The monoisotopic (exact) mass is 1010 g/mol. The molecule has 3 aliphatic heterocycles. The predicted molar refractivity (Wildman–Crippen MR) is 270 cm³/mol. The third kappa shape index (κ3) is 15.9. The molecule has 0 spiro atoms. The second-order valence-electron chi connectivity index (χ2n) is 18.5. The number of aliphatic hydroxyl groups is 1. The maximum Gasteiger partial charge on any atom is 0.246 e. The molecule has 0 aliphatic carbocycles. The molecular weight excluding hydrogens is 937 g/mol. The molecule has 3 aromatic rings. The molecule has 71 heavy (non-hydrogen) atoms. The number of nitrogens with zero attached hydrogens (tertiary/aromatic N) is 6. The number of piperazine rings is 1. The number of hydrogen-bond acceptors (Lipinski definition) is 18. The maximum absolute atomic E-state index is 13.8. The Morgan fingerprint density at radius 1 is 0.887 bits per heavy atom. The fourth-order valence-electron chi connectivity index (χ4n) is 8.88. The van der Waals surface area contributed by atoms with Crippen LogP contribution in [0.3, 0.4) is 0 Å². The Labute approximate surface area is 420 Å². The average Bonchev–Trinajstić information content (AvgIpc) is 3.87. The molecule has 0 radical (unpaired) electrons. The van der Waals surface area contributed by atoms with Crippen LogP contribution in [0.5, 0.6) is 11.6 Å². The molecule has 5 heterocycles. The highest BCUT2D eigenvalue weighted by Crippen LogP contribution is 2.39. The van der Waals surface area contributed by atoms with Crippen LogP contribution in [0.4, 0.5) is 17.2 Å². The van der Waals surface area contributed by atoms with E-state index in [1.807, 2.05) is 30.3 Å². The highest BCUT2D eigenvalue weighted by atomic mass is 32.1. The van der Waals surface area contributed by atoms with Gasteiger partial charge in [-0.1, -0.05) is 51.2 Å². The summed E-state index contributed by atoms with van der Waals surface area (Å²) in [7, 11) is 0. The number of anilines is 3. The summed E-state index contributed by atoms with van der Waals surface area (Å²) in [4.78, 5) is 50.3. The number of ether oxygens (including phenoxy) is 6. The van der Waals surface area contributed by atoms with Crippen LogP contribution in [0, 0.1) is 5.41 Å². The van der Waals surface area contributed by atoms with Gasteiger partial charge in [0.1, 0.15) is 37.2 Å². The van der Waals surface area contributed by atoms with Crippen molar-refractivity contribution in [2.24, 2.45) is 5.41 Å². The van der Waals surface area contributed by atoms with Crippen LogP contribution in [0.25, 0.3) is 11.3 Å². The van der Waals surface area contributed by atoms with Gasteiger partial charge in [0.2, 0.25) is 23.6 Å². The third-order valence-corrected chi connectivity index (χ3v) is 12.4. The molecular formula is C49H70N10O11S. The quantitative estimate of drug-likeness (QED) is 0.0252. The smallest absolute Gasteiger partial charge is 0.246 e. The normalized spacial score (nSPS) is 19.5. The number of β-amino-alcohol motifs (C(OH)–C–C–N with tert-alkyl or cyclic N) is 1. The molecule has 7 N–H and O–H groups in total. The molecule has 6 atom stereocenters. The van der Waals surface area contributed by atoms with Crippen molar-refractivity contribution in [2.45, 2.75) is 82.9 Å². The number of nitrogen functional groups attached to an aromatic ring is 1. The van der Waals surface area contributed by atoms with E-state index in [-0.39, 0.29) is 50.6 Å². The number of phenols is 1. The summed E-state index contributed by atoms with van der Waals surface area (Å²) < 4.78 is 33.8. The van der Waals surface area contributed by atoms with Crippen molar-refractivity contribution in [1.82, 2.24) is 36.0 Å². The fraction of sp³-hybridized carbons (Fsp3) is 0.571. The van der Waals surface area contributed by atoms with Gasteiger partial charge in [0, 0.05) is 68.1 Å². The summed E-state index contributed by atoms with van der Waals surface area (Å²) in [6.07, 6.45) is 4.53. The van der Waals surface area contributed by atoms with Crippen LogP contribution >= 0.6 is 12.2 Å². The first-order valence-corrected chi connectivity index (χ1v) is 24.6. The minimum absolute atomic E-state index is 0.0432. The Hall–Kier alpha value is -5.75. The summed E-state index contributed by atoms with van der Waals surface area (Å²) in [6.45, 7) is 13.6. The zero-order chi connectivity index (χ0) is 50.8. The minimum atomic E-state index is -0.982. The molecule has 0 saturated carbocycles. The van der Waals surface area contributed by atoms with E-state index in [4.69, 9.17) is 46.4 Å². The number of benzene rings is 1. The summed E-state index contributed by atoms with van der Waals surface area (Å²) in [6, 6.07) is 11.6. The molecule has 3 unspecified atom stereocenters. The van der Waals surface area contributed by atoms with Gasteiger partial charge in [-0.15, -0.1) is 16.8 Å². The van der Waals surface area contributed by atoms with Crippen LogP contribution in [0.1, 0.15) is 46.5 Å². The average molecular weight is 1010 g/mol. The standard InChI is InChI=1S/C49H70N10O11S/c1-5-8-42(52-32-71)53-47(63)40-26-36(60)30-58(40)48(64)45(49(2,3)4)54-43(62)31-69-22-21-67-18-17-65-15-16-66-19-20-68-23-24-70-44-25-33(13-14-51-44)59-34-11-12-35(59)29-57(28-34)39-27-38(55-56-46(39)50)37-9-6-7-10-41(37)61/h5-7,9-10,13-14,25,27,32,34-36,40,42,45,60-61H,1,8,11-12,15-24,26,28-31H2,2-4H3,(H2,50,56)(H,52,71)(H,53,63)(H,54,62)/t34?,35?,36-,40+,42?,45-/m1/s1. The van der Waals surface area contributed by atoms with Crippen molar-refractivity contribution >= 4 is 52.6 Å². The summed E-state index contributed by atoms with van der Waals surface area (Å²) >= 11 is 4.86. The second-order valence-corrected chi connectivity index (χ2v) is 18.8. The van der Waals surface area contributed by atoms with Gasteiger partial charge in [-0.25, -0.2) is 4.98 Å². The van der Waals surface area contributed by atoms with Crippen molar-refractivity contribution < 1.29 is 53.0 Å². The Bertz CT molecular complexity index is 2200. The molecule has 2 bridgehead atoms. The lowest BCUT2D eigenvalue weighted by atomic mass is 9.85. The maximum atomic E-state index is 13.8. The Kier molecular flexibility index (Phi) is 20.9.